The van der Waals surface area contributed by atoms with Crippen LogP contribution in [0.5, 0.6) is 0 Å². The molecule has 8 heteroatoms. The Hall–Kier alpha value is -2.48. The van der Waals surface area contributed by atoms with E-state index in [1.165, 1.54) is 16.7 Å². The molecule has 1 fully saturated rings. The summed E-state index contributed by atoms with van der Waals surface area (Å²) < 4.78 is 13.5. The minimum atomic E-state index is -1.82. The first-order valence-electron chi connectivity index (χ1n) is 11.6. The lowest BCUT2D eigenvalue weighted by Crippen LogP contribution is -2.60. The summed E-state index contributed by atoms with van der Waals surface area (Å²) >= 11 is 6.40. The fourth-order valence-electron chi connectivity index (χ4n) is 5.36. The predicted molar refractivity (Wildman–Crippen MR) is 130 cm³/mol. The summed E-state index contributed by atoms with van der Waals surface area (Å²) in [6.07, 6.45) is 3.36. The number of carboxylic acid groups (broad SMARTS) is 2. The molecular formula is C26H32ClFN2O4. The van der Waals surface area contributed by atoms with Crippen LogP contribution in [-0.2, 0) is 9.59 Å². The summed E-state index contributed by atoms with van der Waals surface area (Å²) in [5, 5.41) is 15.6. The van der Waals surface area contributed by atoms with Crippen LogP contribution < -0.4 is 0 Å². The number of fused-ring (bicyclic) bond motifs is 1. The van der Waals surface area contributed by atoms with Crippen LogP contribution >= 0.6 is 11.6 Å². The van der Waals surface area contributed by atoms with Crippen molar-refractivity contribution in [2.45, 2.75) is 50.6 Å². The number of aliphatic carboxylic acids is 2. The topological polar surface area (TPSA) is 81.1 Å². The smallest absolute Gasteiger partial charge is 0.414 e. The Kier molecular flexibility index (Phi) is 8.34. The lowest BCUT2D eigenvalue weighted by molar-refractivity contribution is -0.159. The second-order valence-corrected chi connectivity index (χ2v) is 9.50. The van der Waals surface area contributed by atoms with E-state index >= 15 is 0 Å². The molecule has 2 atom stereocenters. The second-order valence-electron chi connectivity index (χ2n) is 9.06. The number of hydrogen-bond acceptors (Lipinski definition) is 4. The van der Waals surface area contributed by atoms with Crippen LogP contribution in [0, 0.1) is 5.82 Å². The Morgan fingerprint density at radius 3 is 2.21 bits per heavy atom. The van der Waals surface area contributed by atoms with Crippen molar-refractivity contribution in [1.82, 2.24) is 9.80 Å². The number of carbonyl (C=O) groups is 2. The Morgan fingerprint density at radius 2 is 1.65 bits per heavy atom. The van der Waals surface area contributed by atoms with E-state index in [-0.39, 0.29) is 11.4 Å². The van der Waals surface area contributed by atoms with Crippen molar-refractivity contribution in [3.63, 3.8) is 0 Å². The van der Waals surface area contributed by atoms with Crippen LogP contribution in [0.15, 0.2) is 42.5 Å². The molecule has 0 saturated carbocycles. The number of rotatable bonds is 4. The second kappa shape index (κ2) is 10.8. The minimum absolute atomic E-state index is 0.177. The number of benzene rings is 2. The highest BCUT2D eigenvalue weighted by molar-refractivity contribution is 6.30. The molecule has 34 heavy (non-hydrogen) atoms. The highest BCUT2D eigenvalue weighted by Crippen LogP contribution is 2.48. The Balaban J connectivity index is 0.000000481. The number of halogens is 2. The van der Waals surface area contributed by atoms with Gasteiger partial charge in [0.25, 0.3) is 0 Å². The van der Waals surface area contributed by atoms with Crippen molar-refractivity contribution < 1.29 is 24.2 Å². The van der Waals surface area contributed by atoms with Gasteiger partial charge in [0.1, 0.15) is 5.82 Å². The van der Waals surface area contributed by atoms with Crippen LogP contribution in [0.1, 0.15) is 61.8 Å². The van der Waals surface area contributed by atoms with Crippen molar-refractivity contribution >= 4 is 23.5 Å². The van der Waals surface area contributed by atoms with Gasteiger partial charge in [0.15, 0.2) is 0 Å². The van der Waals surface area contributed by atoms with Gasteiger partial charge in [-0.2, -0.15) is 0 Å². The maximum atomic E-state index is 13.5. The average Bonchev–Trinajstić information content (AvgIpc) is 3.19. The molecule has 0 amide bonds. The largest absolute Gasteiger partial charge is 0.473 e. The first kappa shape index (κ1) is 26.1. The third kappa shape index (κ3) is 5.43. The number of hydrogen-bond donors (Lipinski definition) is 2. The van der Waals surface area contributed by atoms with Crippen LogP contribution in [0.25, 0.3) is 0 Å². The van der Waals surface area contributed by atoms with Crippen molar-refractivity contribution in [3.05, 3.63) is 70.0 Å². The normalized spacial score (nSPS) is 21.9. The van der Waals surface area contributed by atoms with E-state index in [2.05, 4.69) is 42.8 Å². The minimum Gasteiger partial charge on any atom is -0.473 e. The van der Waals surface area contributed by atoms with Gasteiger partial charge in [-0.15, -0.1) is 0 Å². The average molecular weight is 491 g/mol. The molecule has 2 N–H and O–H groups in total. The third-order valence-electron chi connectivity index (χ3n) is 7.48. The van der Waals surface area contributed by atoms with Gasteiger partial charge in [0.2, 0.25) is 0 Å². The van der Waals surface area contributed by atoms with Gasteiger partial charge in [-0.25, -0.2) is 14.0 Å². The van der Waals surface area contributed by atoms with Crippen molar-refractivity contribution in [2.24, 2.45) is 0 Å². The summed E-state index contributed by atoms with van der Waals surface area (Å²) in [5.41, 5.74) is 4.13. The molecule has 1 aliphatic carbocycles. The molecule has 6 nitrogen and oxygen atoms in total. The van der Waals surface area contributed by atoms with Gasteiger partial charge < -0.3 is 10.2 Å². The van der Waals surface area contributed by atoms with Crippen LogP contribution in [-0.4, -0.2) is 64.2 Å². The molecule has 1 heterocycles. The maximum absolute atomic E-state index is 13.5. The SMILES string of the molecule is CCC1(CC)CN([C@@H]2C[C@@H](c3ccc(F)cc3)c3ccc(Cl)cc32)CCN1C.O=C(O)C(=O)O. The zero-order chi connectivity index (χ0) is 25.0. The van der Waals surface area contributed by atoms with Gasteiger partial charge in [-0.1, -0.05) is 43.6 Å². The molecule has 184 valence electrons. The molecular weight excluding hydrogens is 459 g/mol. The summed E-state index contributed by atoms with van der Waals surface area (Å²) in [4.78, 5) is 23.4. The number of likely N-dealkylation sites (N-methyl/N-ethyl adjacent to an activating group) is 1. The molecule has 0 bridgehead atoms. The summed E-state index contributed by atoms with van der Waals surface area (Å²) in [5.74, 6) is -3.52. The molecule has 0 aromatic heterocycles. The Labute approximate surface area is 204 Å². The lowest BCUT2D eigenvalue weighted by atomic mass is 9.87. The predicted octanol–water partition coefficient (Wildman–Crippen LogP) is 5.02. The van der Waals surface area contributed by atoms with E-state index in [1.54, 1.807) is 12.1 Å². The van der Waals surface area contributed by atoms with E-state index in [4.69, 9.17) is 31.4 Å². The first-order chi connectivity index (χ1) is 16.1. The van der Waals surface area contributed by atoms with Crippen LogP contribution in [0.2, 0.25) is 5.02 Å². The molecule has 2 aromatic carbocycles. The standard InChI is InChI=1S/C24H30ClFN2.C2H2O4/c1-4-24(5-2)16-28(13-12-27(24)3)23-15-21(17-6-9-19(26)10-7-17)20-11-8-18(25)14-22(20)23;3-1(4)2(5)6/h6-11,14,21,23H,4-5,12-13,15-16H2,1-3H3;(H,3,4)(H,5,6)/t21-,23+;/m0./s1. The van der Waals surface area contributed by atoms with Crippen molar-refractivity contribution in [3.8, 4) is 0 Å². The molecule has 0 unspecified atom stereocenters. The van der Waals surface area contributed by atoms with E-state index in [1.807, 2.05) is 18.2 Å². The van der Waals surface area contributed by atoms with Crippen molar-refractivity contribution in [1.29, 1.82) is 0 Å². The number of nitrogens with zero attached hydrogens (tertiary/aromatic N) is 2. The summed E-state index contributed by atoms with van der Waals surface area (Å²) in [7, 11) is 2.27. The monoisotopic (exact) mass is 490 g/mol. The zero-order valence-corrected chi connectivity index (χ0v) is 20.6. The molecule has 1 saturated heterocycles. The van der Waals surface area contributed by atoms with Crippen LogP contribution in [0.3, 0.4) is 0 Å². The quantitative estimate of drug-likeness (QED) is 0.586. The highest BCUT2D eigenvalue weighted by atomic mass is 35.5. The van der Waals surface area contributed by atoms with E-state index in [9.17, 15) is 4.39 Å². The summed E-state index contributed by atoms with van der Waals surface area (Å²) in [6.45, 7) is 7.87. The molecule has 4 rings (SSSR count). The van der Waals surface area contributed by atoms with Gasteiger partial charge in [0, 0.05) is 42.2 Å². The molecule has 0 spiro atoms. The van der Waals surface area contributed by atoms with Gasteiger partial charge in [-0.05, 0) is 67.3 Å². The first-order valence-corrected chi connectivity index (χ1v) is 12.0. The van der Waals surface area contributed by atoms with E-state index in [0.717, 1.165) is 43.9 Å². The van der Waals surface area contributed by atoms with Gasteiger partial charge in [0.05, 0.1) is 0 Å². The molecule has 1 aliphatic heterocycles. The fraction of sp³-hybridized carbons (Fsp3) is 0.462. The molecule has 0 radical (unpaired) electrons. The van der Waals surface area contributed by atoms with Gasteiger partial charge in [-0.3, -0.25) is 9.80 Å². The van der Waals surface area contributed by atoms with E-state index < -0.39 is 11.9 Å². The Morgan fingerprint density at radius 1 is 1.03 bits per heavy atom. The Bertz CT molecular complexity index is 1010. The number of piperazine rings is 1. The van der Waals surface area contributed by atoms with E-state index in [0.29, 0.717) is 12.0 Å². The van der Waals surface area contributed by atoms with Crippen molar-refractivity contribution in [2.75, 3.05) is 26.7 Å². The molecule has 2 aromatic rings. The lowest BCUT2D eigenvalue weighted by Gasteiger charge is -2.51. The highest BCUT2D eigenvalue weighted by Gasteiger charge is 2.42. The fourth-order valence-corrected chi connectivity index (χ4v) is 5.54. The zero-order valence-electron chi connectivity index (χ0n) is 19.8. The number of carboxylic acids is 2. The summed E-state index contributed by atoms with van der Waals surface area (Å²) in [6, 6.07) is 13.7. The molecule has 2 aliphatic rings. The third-order valence-corrected chi connectivity index (χ3v) is 7.72. The van der Waals surface area contributed by atoms with Crippen LogP contribution in [0.4, 0.5) is 4.39 Å². The maximum Gasteiger partial charge on any atom is 0.414 e. The van der Waals surface area contributed by atoms with Gasteiger partial charge >= 0.3 is 11.9 Å².